The summed E-state index contributed by atoms with van der Waals surface area (Å²) in [4.78, 5) is 32.3. The first-order chi connectivity index (χ1) is 39.3. The maximum Gasteiger partial charge on any atom is 0.165 e. The first-order valence-electron chi connectivity index (χ1n) is 27.5. The Balaban J connectivity index is 0.889. The van der Waals surface area contributed by atoms with Gasteiger partial charge in [0.2, 0.25) is 0 Å². The van der Waals surface area contributed by atoms with E-state index in [1.54, 1.807) is 0 Å². The second-order valence-corrected chi connectivity index (χ2v) is 22.0. The van der Waals surface area contributed by atoms with Crippen LogP contribution in [0.2, 0.25) is 0 Å². The van der Waals surface area contributed by atoms with Crippen molar-refractivity contribution < 1.29 is 0 Å². The summed E-state index contributed by atoms with van der Waals surface area (Å²) in [5.74, 6) is 3.80. The molecule has 15 rings (SSSR count). The molecule has 0 saturated carbocycles. The van der Waals surface area contributed by atoms with Crippen LogP contribution in [0.4, 0.5) is 0 Å². The van der Waals surface area contributed by atoms with E-state index in [0.717, 1.165) is 71.6 Å². The molecule has 80 heavy (non-hydrogen) atoms. The fourth-order valence-electron chi connectivity index (χ4n) is 12.9. The zero-order chi connectivity index (χ0) is 53.5. The maximum absolute atomic E-state index is 5.52. The lowest BCUT2D eigenvalue weighted by molar-refractivity contribution is 0.583. The van der Waals surface area contributed by atoms with E-state index >= 15 is 0 Å². The van der Waals surface area contributed by atoms with Gasteiger partial charge in [-0.25, -0.2) is 29.9 Å². The molecule has 13 aromatic rings. The summed E-state index contributed by atoms with van der Waals surface area (Å²) in [5.41, 5.74) is 18.3. The molecule has 0 aliphatic heterocycles. The molecule has 0 amide bonds. The second-order valence-electron chi connectivity index (χ2n) is 22.0. The van der Waals surface area contributed by atoms with Crippen molar-refractivity contribution in [1.29, 1.82) is 0 Å². The Morgan fingerprint density at radius 1 is 0.275 bits per heavy atom. The van der Waals surface area contributed by atoms with Crippen LogP contribution in [0.1, 0.15) is 48.6 Å². The van der Waals surface area contributed by atoms with Crippen LogP contribution in [0.15, 0.2) is 249 Å². The Labute approximate surface area is 465 Å². The van der Waals surface area contributed by atoms with Crippen molar-refractivity contribution in [2.75, 3.05) is 0 Å². The van der Waals surface area contributed by atoms with Crippen LogP contribution in [-0.4, -0.2) is 29.9 Å². The van der Waals surface area contributed by atoms with Crippen molar-refractivity contribution in [3.63, 3.8) is 0 Å². The Hall–Kier alpha value is -10.0. The van der Waals surface area contributed by atoms with Gasteiger partial charge in [0.05, 0.1) is 0 Å². The molecule has 2 aliphatic rings. The molecular weight excluding hydrogens is 973 g/mol. The van der Waals surface area contributed by atoms with E-state index in [-0.39, 0.29) is 5.41 Å². The molecule has 378 valence electrons. The average Bonchev–Trinajstić information content (AvgIpc) is 3.63. The van der Waals surface area contributed by atoms with Crippen LogP contribution >= 0.6 is 0 Å². The van der Waals surface area contributed by atoms with Gasteiger partial charge >= 0.3 is 0 Å². The lowest BCUT2D eigenvalue weighted by Crippen LogP contribution is -2.24. The van der Waals surface area contributed by atoms with Gasteiger partial charge < -0.3 is 0 Å². The monoisotopic (exact) mass is 1020 g/mol. The topological polar surface area (TPSA) is 77.3 Å². The maximum atomic E-state index is 5.52. The molecule has 0 fully saturated rings. The predicted molar refractivity (Wildman–Crippen MR) is 326 cm³/mol. The van der Waals surface area contributed by atoms with Crippen LogP contribution < -0.4 is 0 Å². The molecule has 1 unspecified atom stereocenters. The largest absolute Gasteiger partial charge is 0.208 e. The number of nitrogens with zero attached hydrogens (tertiary/aromatic N) is 6. The van der Waals surface area contributed by atoms with E-state index in [1.807, 2.05) is 42.5 Å². The number of fused-ring (bicyclic) bond motifs is 8. The molecule has 0 saturated heterocycles. The van der Waals surface area contributed by atoms with Gasteiger partial charge in [0.1, 0.15) is 0 Å². The number of aromatic nitrogens is 6. The van der Waals surface area contributed by atoms with Crippen molar-refractivity contribution in [2.45, 2.75) is 38.0 Å². The number of benzene rings is 11. The zero-order valence-corrected chi connectivity index (χ0v) is 44.6. The third-order valence-corrected chi connectivity index (χ3v) is 16.8. The van der Waals surface area contributed by atoms with Crippen molar-refractivity contribution >= 4 is 21.5 Å². The SMILES string of the molecule is CC1(C)c2ccccc2-c2c1cc1ccccc1c2-c1nc(-c2ccccc2)nc(-c2cccc(CC3(C)c4ccccc4-c4c3cc3ccccc3c4-c3nc(-c4ccccc4)nc(-c4ccc(-c5ccccc5)cc4)n3)c2)n1. The predicted octanol–water partition coefficient (Wildman–Crippen LogP) is 17.9. The van der Waals surface area contributed by atoms with Crippen LogP contribution in [0.3, 0.4) is 0 Å². The molecule has 11 aromatic carbocycles. The van der Waals surface area contributed by atoms with E-state index < -0.39 is 5.41 Å². The highest BCUT2D eigenvalue weighted by molar-refractivity contribution is 6.08. The molecule has 2 heterocycles. The molecule has 0 bridgehead atoms. The molecule has 1 atom stereocenters. The molecule has 6 nitrogen and oxygen atoms in total. The van der Waals surface area contributed by atoms with Gasteiger partial charge in [-0.3, -0.25) is 0 Å². The van der Waals surface area contributed by atoms with E-state index in [2.05, 4.69) is 227 Å². The number of rotatable bonds is 9. The van der Waals surface area contributed by atoms with Crippen molar-refractivity contribution in [3.05, 3.63) is 277 Å². The van der Waals surface area contributed by atoms with Gasteiger partial charge in [-0.05, 0) is 107 Å². The van der Waals surface area contributed by atoms with E-state index in [1.165, 1.54) is 44.5 Å². The Bertz CT molecular complexity index is 4590. The highest BCUT2D eigenvalue weighted by Crippen LogP contribution is 2.57. The second kappa shape index (κ2) is 18.6. The number of hydrogen-bond donors (Lipinski definition) is 0. The van der Waals surface area contributed by atoms with Crippen molar-refractivity contribution in [1.82, 2.24) is 29.9 Å². The van der Waals surface area contributed by atoms with E-state index in [9.17, 15) is 0 Å². The van der Waals surface area contributed by atoms with Gasteiger partial charge in [-0.2, -0.15) is 0 Å². The highest BCUT2D eigenvalue weighted by Gasteiger charge is 2.42. The highest BCUT2D eigenvalue weighted by atomic mass is 15.0. The first-order valence-corrected chi connectivity index (χ1v) is 27.5. The van der Waals surface area contributed by atoms with Crippen molar-refractivity contribution in [3.8, 4) is 102 Å². The summed E-state index contributed by atoms with van der Waals surface area (Å²) < 4.78 is 0. The Kier molecular flexibility index (Phi) is 11.0. The summed E-state index contributed by atoms with van der Waals surface area (Å²) in [6.45, 7) is 7.07. The fraction of sp³-hybridized carbons (Fsp3) is 0.0811. The van der Waals surface area contributed by atoms with E-state index in [0.29, 0.717) is 41.4 Å². The lowest BCUT2D eigenvalue weighted by atomic mass is 9.74. The van der Waals surface area contributed by atoms with Gasteiger partial charge in [0.15, 0.2) is 34.9 Å². The lowest BCUT2D eigenvalue weighted by Gasteiger charge is -2.28. The fourth-order valence-corrected chi connectivity index (χ4v) is 12.9. The quantitative estimate of drug-likeness (QED) is 0.143. The summed E-state index contributed by atoms with van der Waals surface area (Å²) in [7, 11) is 0. The van der Waals surface area contributed by atoms with E-state index in [4.69, 9.17) is 29.9 Å². The van der Waals surface area contributed by atoms with Crippen LogP contribution in [0, 0.1) is 0 Å². The van der Waals surface area contributed by atoms with Gasteiger partial charge in [0.25, 0.3) is 0 Å². The summed E-state index contributed by atoms with van der Waals surface area (Å²) >= 11 is 0. The molecule has 2 aromatic heterocycles. The average molecular weight is 1030 g/mol. The zero-order valence-electron chi connectivity index (χ0n) is 44.6. The third-order valence-electron chi connectivity index (χ3n) is 16.8. The molecule has 2 aliphatic carbocycles. The van der Waals surface area contributed by atoms with Crippen LogP contribution in [0.5, 0.6) is 0 Å². The first kappa shape index (κ1) is 47.2. The molecule has 0 N–H and O–H groups in total. The van der Waals surface area contributed by atoms with Crippen LogP contribution in [-0.2, 0) is 17.3 Å². The molecule has 6 heteroatoms. The molecule has 0 radical (unpaired) electrons. The third kappa shape index (κ3) is 7.70. The van der Waals surface area contributed by atoms with Gasteiger partial charge in [-0.1, -0.05) is 251 Å². The Morgan fingerprint density at radius 2 is 0.662 bits per heavy atom. The van der Waals surface area contributed by atoms with Crippen LogP contribution in [0.25, 0.3) is 123 Å². The normalized spacial score (nSPS) is 14.6. The minimum Gasteiger partial charge on any atom is -0.208 e. The molecule has 0 spiro atoms. The minimum absolute atomic E-state index is 0.215. The minimum atomic E-state index is -0.460. The summed E-state index contributed by atoms with van der Waals surface area (Å²) in [5, 5.41) is 4.49. The smallest absolute Gasteiger partial charge is 0.165 e. The molecular formula is C74H52N6. The van der Waals surface area contributed by atoms with Crippen molar-refractivity contribution in [2.24, 2.45) is 0 Å². The number of hydrogen-bond acceptors (Lipinski definition) is 6. The summed E-state index contributed by atoms with van der Waals surface area (Å²) in [6, 6.07) is 88.3. The standard InChI is InChI=1S/C74H52N6/c1-73(2)59-36-19-17-34-57(59)63-61(73)43-52-29-13-15-32-55(52)65(63)71-78-68(50-27-11-6-12-28-50)76-70(80-71)54-31-21-22-46(42-54)45-74(3)60-37-20-18-35-58(60)64-62(74)44-53-30-14-16-33-56(53)66(64)72-77-67(49-25-9-5-10-26-49)75-69(79-72)51-40-38-48(39-41-51)47-23-7-4-8-24-47/h4-44H,45H2,1-3H3. The Morgan fingerprint density at radius 3 is 1.24 bits per heavy atom. The van der Waals surface area contributed by atoms with Gasteiger partial charge in [0, 0.05) is 44.2 Å². The summed E-state index contributed by atoms with van der Waals surface area (Å²) in [6.07, 6.45) is 0.709. The van der Waals surface area contributed by atoms with Gasteiger partial charge in [-0.15, -0.1) is 0 Å².